The Labute approximate surface area is 146 Å². The van der Waals surface area contributed by atoms with E-state index in [0.29, 0.717) is 11.5 Å². The van der Waals surface area contributed by atoms with Crippen LogP contribution in [-0.2, 0) is 6.42 Å². The van der Waals surface area contributed by atoms with Gasteiger partial charge in [0.2, 0.25) is 0 Å². The minimum absolute atomic E-state index is 0.0726. The third-order valence-electron chi connectivity index (χ3n) is 4.76. The molecule has 2 heterocycles. The summed E-state index contributed by atoms with van der Waals surface area (Å²) in [4.78, 5) is 19.3. The molecular weight excluding hydrogens is 314 g/mol. The predicted molar refractivity (Wildman–Crippen MR) is 93.4 cm³/mol. The number of nitrogens with zero attached hydrogens (tertiary/aromatic N) is 5. The number of aromatic nitrogens is 4. The predicted octanol–water partition coefficient (Wildman–Crippen LogP) is 2.81. The van der Waals surface area contributed by atoms with E-state index in [4.69, 9.17) is 0 Å². The monoisotopic (exact) mass is 333 g/mol. The van der Waals surface area contributed by atoms with Crippen LogP contribution in [0.5, 0.6) is 0 Å². The van der Waals surface area contributed by atoms with Crippen molar-refractivity contribution in [3.8, 4) is 5.82 Å². The molecule has 6 heteroatoms. The van der Waals surface area contributed by atoms with E-state index >= 15 is 0 Å². The van der Waals surface area contributed by atoms with Crippen LogP contribution in [0.1, 0.15) is 40.5 Å². The van der Waals surface area contributed by atoms with Gasteiger partial charge in [-0.15, -0.1) is 10.2 Å². The number of carbonyl (C=O) groups is 1. The Morgan fingerprint density at radius 2 is 1.92 bits per heavy atom. The van der Waals surface area contributed by atoms with Gasteiger partial charge in [-0.25, -0.2) is 4.98 Å². The molecule has 0 fully saturated rings. The highest BCUT2D eigenvalue weighted by atomic mass is 16.2. The van der Waals surface area contributed by atoms with Crippen molar-refractivity contribution in [1.29, 1.82) is 0 Å². The van der Waals surface area contributed by atoms with Gasteiger partial charge in [0, 0.05) is 7.05 Å². The van der Waals surface area contributed by atoms with E-state index in [1.54, 1.807) is 23.3 Å². The van der Waals surface area contributed by atoms with Gasteiger partial charge in [0.15, 0.2) is 0 Å². The first-order valence-electron chi connectivity index (χ1n) is 8.41. The zero-order valence-corrected chi connectivity index (χ0v) is 14.0. The molecule has 1 unspecified atom stereocenters. The van der Waals surface area contributed by atoms with Crippen LogP contribution >= 0.6 is 0 Å². The van der Waals surface area contributed by atoms with Gasteiger partial charge in [-0.3, -0.25) is 9.36 Å². The molecule has 1 aliphatic carbocycles. The van der Waals surface area contributed by atoms with Crippen molar-refractivity contribution in [1.82, 2.24) is 24.6 Å². The van der Waals surface area contributed by atoms with Crippen molar-refractivity contribution in [2.24, 2.45) is 0 Å². The molecular formula is C19H19N5O. The van der Waals surface area contributed by atoms with E-state index in [-0.39, 0.29) is 11.9 Å². The third-order valence-corrected chi connectivity index (χ3v) is 4.76. The smallest absolute Gasteiger partial charge is 0.272 e. The highest BCUT2D eigenvalue weighted by Crippen LogP contribution is 2.34. The largest absolute Gasteiger partial charge is 0.333 e. The van der Waals surface area contributed by atoms with Crippen LogP contribution in [0.3, 0.4) is 0 Å². The fourth-order valence-corrected chi connectivity index (χ4v) is 3.46. The lowest BCUT2D eigenvalue weighted by Crippen LogP contribution is -2.34. The third kappa shape index (κ3) is 2.91. The molecule has 0 N–H and O–H groups in total. The first-order valence-corrected chi connectivity index (χ1v) is 8.41. The number of pyridine rings is 1. The lowest BCUT2D eigenvalue weighted by atomic mass is 9.87. The van der Waals surface area contributed by atoms with Gasteiger partial charge in [0.25, 0.3) is 5.91 Å². The molecule has 0 bridgehead atoms. The summed E-state index contributed by atoms with van der Waals surface area (Å²) in [5, 5.41) is 7.57. The van der Waals surface area contributed by atoms with Gasteiger partial charge >= 0.3 is 0 Å². The summed E-state index contributed by atoms with van der Waals surface area (Å²) in [5.74, 6) is 0.560. The Bertz CT molecular complexity index is 890. The Morgan fingerprint density at radius 3 is 2.76 bits per heavy atom. The molecule has 25 heavy (non-hydrogen) atoms. The van der Waals surface area contributed by atoms with Crippen molar-refractivity contribution in [2.75, 3.05) is 7.05 Å². The topological polar surface area (TPSA) is 63.9 Å². The Kier molecular flexibility index (Phi) is 4.01. The summed E-state index contributed by atoms with van der Waals surface area (Å²) in [6, 6.07) is 13.9. The summed E-state index contributed by atoms with van der Waals surface area (Å²) >= 11 is 0. The minimum Gasteiger partial charge on any atom is -0.333 e. The molecule has 0 spiro atoms. The second kappa shape index (κ2) is 6.47. The van der Waals surface area contributed by atoms with Gasteiger partial charge in [-0.2, -0.15) is 0 Å². The van der Waals surface area contributed by atoms with Crippen molar-refractivity contribution < 1.29 is 4.79 Å². The maximum atomic E-state index is 13.0. The van der Waals surface area contributed by atoms with Gasteiger partial charge < -0.3 is 4.90 Å². The highest BCUT2D eigenvalue weighted by Gasteiger charge is 2.27. The van der Waals surface area contributed by atoms with Gasteiger partial charge in [-0.05, 0) is 42.5 Å². The van der Waals surface area contributed by atoms with Crippen LogP contribution in [-0.4, -0.2) is 37.6 Å². The lowest BCUT2D eigenvalue weighted by Gasteiger charge is -2.33. The summed E-state index contributed by atoms with van der Waals surface area (Å²) in [6.07, 6.45) is 6.28. The Morgan fingerprint density at radius 1 is 1.12 bits per heavy atom. The van der Waals surface area contributed by atoms with Gasteiger partial charge in [0.1, 0.15) is 24.2 Å². The zero-order valence-electron chi connectivity index (χ0n) is 14.0. The van der Waals surface area contributed by atoms with E-state index < -0.39 is 0 Å². The number of fused-ring (bicyclic) bond motifs is 1. The molecule has 126 valence electrons. The average Bonchev–Trinajstić information content (AvgIpc) is 3.21. The summed E-state index contributed by atoms with van der Waals surface area (Å²) in [6.45, 7) is 0. The quantitative estimate of drug-likeness (QED) is 0.739. The van der Waals surface area contributed by atoms with Gasteiger partial charge in [0.05, 0.1) is 6.04 Å². The highest BCUT2D eigenvalue weighted by molar-refractivity contribution is 5.92. The van der Waals surface area contributed by atoms with Crippen molar-refractivity contribution in [3.05, 3.63) is 71.9 Å². The Balaban J connectivity index is 1.62. The lowest BCUT2D eigenvalue weighted by molar-refractivity contribution is 0.0709. The van der Waals surface area contributed by atoms with E-state index in [1.807, 2.05) is 30.1 Å². The van der Waals surface area contributed by atoms with Gasteiger partial charge in [-0.1, -0.05) is 30.3 Å². The van der Waals surface area contributed by atoms with E-state index in [1.165, 1.54) is 11.1 Å². The summed E-state index contributed by atoms with van der Waals surface area (Å²) < 4.78 is 1.69. The molecule has 4 rings (SSSR count). The minimum atomic E-state index is -0.0726. The van der Waals surface area contributed by atoms with Crippen molar-refractivity contribution >= 4 is 5.91 Å². The molecule has 0 saturated carbocycles. The SMILES string of the molecule is CN(C(=O)c1cccc(-n2cnnc2)n1)C1CCCc2ccccc21. The molecule has 0 saturated heterocycles. The normalized spacial score (nSPS) is 16.3. The number of amides is 1. The van der Waals surface area contributed by atoms with Crippen molar-refractivity contribution in [2.45, 2.75) is 25.3 Å². The first-order chi connectivity index (χ1) is 12.2. The van der Waals surface area contributed by atoms with E-state index in [0.717, 1.165) is 19.3 Å². The molecule has 0 aliphatic heterocycles. The average molecular weight is 333 g/mol. The second-order valence-corrected chi connectivity index (χ2v) is 6.27. The molecule has 3 aromatic rings. The van der Waals surface area contributed by atoms with Crippen LogP contribution in [0, 0.1) is 0 Å². The Hall–Kier alpha value is -3.02. The molecule has 0 radical (unpaired) electrons. The summed E-state index contributed by atoms with van der Waals surface area (Å²) in [5.41, 5.74) is 3.01. The maximum absolute atomic E-state index is 13.0. The van der Waals surface area contributed by atoms with Crippen LogP contribution in [0.25, 0.3) is 5.82 Å². The number of benzene rings is 1. The van der Waals surface area contributed by atoms with Crippen LogP contribution in [0.15, 0.2) is 55.1 Å². The number of rotatable bonds is 3. The summed E-state index contributed by atoms with van der Waals surface area (Å²) in [7, 11) is 1.86. The molecule has 1 atom stereocenters. The maximum Gasteiger partial charge on any atom is 0.272 e. The fourth-order valence-electron chi connectivity index (χ4n) is 3.46. The van der Waals surface area contributed by atoms with E-state index in [2.05, 4.69) is 33.4 Å². The van der Waals surface area contributed by atoms with Crippen molar-refractivity contribution in [3.63, 3.8) is 0 Å². The number of carbonyl (C=O) groups excluding carboxylic acids is 1. The van der Waals surface area contributed by atoms with Crippen LogP contribution < -0.4 is 0 Å². The number of hydrogen-bond donors (Lipinski definition) is 0. The molecule has 6 nitrogen and oxygen atoms in total. The number of hydrogen-bond acceptors (Lipinski definition) is 4. The van der Waals surface area contributed by atoms with Crippen LogP contribution in [0.4, 0.5) is 0 Å². The fraction of sp³-hybridized carbons (Fsp3) is 0.263. The standard InChI is InChI=1S/C19H19N5O/c1-23(17-10-4-7-14-6-2-3-8-15(14)17)19(25)16-9-5-11-18(22-16)24-12-20-21-13-24/h2-3,5-6,8-9,11-13,17H,4,7,10H2,1H3. The molecule has 2 aromatic heterocycles. The molecule has 1 amide bonds. The second-order valence-electron chi connectivity index (χ2n) is 6.27. The molecule has 1 aliphatic rings. The number of aryl methyl sites for hydroxylation is 1. The zero-order chi connectivity index (χ0) is 17.2. The van der Waals surface area contributed by atoms with E-state index in [9.17, 15) is 4.79 Å². The van der Waals surface area contributed by atoms with Crippen LogP contribution in [0.2, 0.25) is 0 Å². The molecule has 1 aromatic carbocycles. The first kappa shape index (κ1) is 15.5.